The number of ether oxygens (including phenoxy) is 2. The molecule has 3 heterocycles. The summed E-state index contributed by atoms with van der Waals surface area (Å²) in [6.45, 7) is 7.77. The van der Waals surface area contributed by atoms with Gasteiger partial charge in [0.1, 0.15) is 13.2 Å². The third-order valence-electron chi connectivity index (χ3n) is 7.25. The minimum atomic E-state index is 0. The average molecular weight is 513 g/mol. The Labute approximate surface area is 219 Å². The largest absolute Gasteiger partial charge is 0.486 e. The number of hydrogen-bond acceptors (Lipinski definition) is 6. The number of pyridine rings is 1. The Morgan fingerprint density at radius 1 is 0.972 bits per heavy atom. The lowest BCUT2D eigenvalue weighted by molar-refractivity contribution is 0.171. The van der Waals surface area contributed by atoms with Crippen LogP contribution in [-0.2, 0) is 13.1 Å². The first kappa shape index (κ1) is 26.3. The van der Waals surface area contributed by atoms with E-state index < -0.39 is 0 Å². The highest BCUT2D eigenvalue weighted by molar-refractivity contribution is 5.86. The number of aryl methyl sites for hydroxylation is 1. The Balaban J connectivity index is 0.00000304. The van der Waals surface area contributed by atoms with E-state index in [4.69, 9.17) is 9.47 Å². The second kappa shape index (κ2) is 11.5. The third kappa shape index (κ3) is 5.80. The number of nitrogens with one attached hydrogen (secondary N) is 1. The topological polar surface area (TPSA) is 59.0 Å². The van der Waals surface area contributed by atoms with Crippen molar-refractivity contribution in [1.82, 2.24) is 14.8 Å². The van der Waals surface area contributed by atoms with E-state index in [9.17, 15) is 4.79 Å². The van der Waals surface area contributed by atoms with Crippen LogP contribution in [0, 0.1) is 6.92 Å². The van der Waals surface area contributed by atoms with E-state index in [1.54, 1.807) is 6.07 Å². The Morgan fingerprint density at radius 3 is 2.47 bits per heavy atom. The molecule has 2 aromatic carbocycles. The number of fused-ring (bicyclic) bond motifs is 2. The molecule has 1 N–H and O–H groups in total. The highest BCUT2D eigenvalue weighted by Gasteiger charge is 2.20. The summed E-state index contributed by atoms with van der Waals surface area (Å²) in [4.78, 5) is 17.4. The molecule has 0 saturated carbocycles. The van der Waals surface area contributed by atoms with Crippen molar-refractivity contribution < 1.29 is 9.47 Å². The van der Waals surface area contributed by atoms with Crippen LogP contribution in [0.2, 0.25) is 0 Å². The molecule has 1 fully saturated rings. The second-order valence-electron chi connectivity index (χ2n) is 9.89. The van der Waals surface area contributed by atoms with E-state index >= 15 is 0 Å². The molecular formula is C28H37ClN4O3. The lowest BCUT2D eigenvalue weighted by atomic mass is 10.0. The number of nitrogens with zero attached hydrogens (tertiary/aromatic N) is 3. The Morgan fingerprint density at radius 2 is 1.72 bits per heavy atom. The number of likely N-dealkylation sites (tertiary alicyclic amines) is 1. The lowest BCUT2D eigenvalue weighted by Gasteiger charge is -2.32. The van der Waals surface area contributed by atoms with Crippen LogP contribution in [-0.4, -0.2) is 62.5 Å². The molecule has 0 unspecified atom stereocenters. The molecule has 2 aliphatic rings. The van der Waals surface area contributed by atoms with Gasteiger partial charge in [-0.2, -0.15) is 0 Å². The van der Waals surface area contributed by atoms with Crippen molar-refractivity contribution in [3.05, 3.63) is 63.9 Å². The summed E-state index contributed by atoms with van der Waals surface area (Å²) in [6, 6.07) is 14.9. The first-order chi connectivity index (χ1) is 17.0. The van der Waals surface area contributed by atoms with Crippen molar-refractivity contribution in [3.63, 3.8) is 0 Å². The van der Waals surface area contributed by atoms with E-state index in [-0.39, 0.29) is 18.0 Å². The number of benzene rings is 2. The standard InChI is InChI=1S/C28H36N4O3.ClH/c1-20-16-28(33)32(25-18-23(30(2)3)5-6-24(20)25)13-12-31-10-8-22(9-11-31)29-19-21-4-7-26-27(17-21)35-15-14-34-26;/h4-7,16-18,22,29H,8-15,19H2,1-3H3;1H. The zero-order valence-corrected chi connectivity index (χ0v) is 22.3. The maximum Gasteiger partial charge on any atom is 0.251 e. The molecule has 0 amide bonds. The van der Waals surface area contributed by atoms with E-state index in [2.05, 4.69) is 45.4 Å². The molecular weight excluding hydrogens is 476 g/mol. The van der Waals surface area contributed by atoms with Gasteiger partial charge in [-0.25, -0.2) is 0 Å². The van der Waals surface area contributed by atoms with Crippen LogP contribution in [0.15, 0.2) is 47.3 Å². The van der Waals surface area contributed by atoms with Crippen LogP contribution in [0.1, 0.15) is 24.0 Å². The normalized spacial score (nSPS) is 16.1. The maximum atomic E-state index is 12.9. The summed E-state index contributed by atoms with van der Waals surface area (Å²) in [5.74, 6) is 1.69. The zero-order chi connectivity index (χ0) is 24.4. The Kier molecular flexibility index (Phi) is 8.44. The number of anilines is 1. The minimum Gasteiger partial charge on any atom is -0.486 e. The van der Waals surface area contributed by atoms with Crippen molar-refractivity contribution in [2.75, 3.05) is 51.8 Å². The highest BCUT2D eigenvalue weighted by atomic mass is 35.5. The van der Waals surface area contributed by atoms with Crippen LogP contribution < -0.4 is 25.2 Å². The molecule has 0 spiro atoms. The van der Waals surface area contributed by atoms with Crippen LogP contribution in [0.3, 0.4) is 0 Å². The first-order valence-electron chi connectivity index (χ1n) is 12.6. The predicted octanol–water partition coefficient (Wildman–Crippen LogP) is 3.82. The molecule has 0 atom stereocenters. The van der Waals surface area contributed by atoms with Gasteiger partial charge in [-0.3, -0.25) is 4.79 Å². The Hall–Kier alpha value is -2.74. The molecule has 0 aliphatic carbocycles. The molecule has 194 valence electrons. The van der Waals surface area contributed by atoms with Crippen molar-refractivity contribution in [2.45, 2.75) is 38.9 Å². The minimum absolute atomic E-state index is 0. The second-order valence-corrected chi connectivity index (χ2v) is 9.89. The van der Waals surface area contributed by atoms with Gasteiger partial charge in [-0.15, -0.1) is 12.4 Å². The van der Waals surface area contributed by atoms with E-state index in [0.29, 0.717) is 25.8 Å². The van der Waals surface area contributed by atoms with Gasteiger partial charge < -0.3 is 29.2 Å². The summed E-state index contributed by atoms with van der Waals surface area (Å²) in [6.07, 6.45) is 2.22. The maximum absolute atomic E-state index is 12.9. The van der Waals surface area contributed by atoms with Gasteiger partial charge in [0.05, 0.1) is 5.52 Å². The summed E-state index contributed by atoms with van der Waals surface area (Å²) >= 11 is 0. The predicted molar refractivity (Wildman–Crippen MR) is 148 cm³/mol. The van der Waals surface area contributed by atoms with Gasteiger partial charge >= 0.3 is 0 Å². The van der Waals surface area contributed by atoms with Gasteiger partial charge in [0.15, 0.2) is 11.5 Å². The summed E-state index contributed by atoms with van der Waals surface area (Å²) in [5.41, 5.74) is 4.48. The summed E-state index contributed by atoms with van der Waals surface area (Å²) < 4.78 is 13.3. The highest BCUT2D eigenvalue weighted by Crippen LogP contribution is 2.30. The fraction of sp³-hybridized carbons (Fsp3) is 0.464. The monoisotopic (exact) mass is 512 g/mol. The number of aromatic nitrogens is 1. The molecule has 1 saturated heterocycles. The molecule has 5 rings (SSSR count). The molecule has 0 radical (unpaired) electrons. The van der Waals surface area contributed by atoms with Crippen molar-refractivity contribution in [2.24, 2.45) is 0 Å². The Bertz CT molecular complexity index is 1250. The molecule has 3 aromatic rings. The average Bonchev–Trinajstić information content (AvgIpc) is 2.87. The third-order valence-corrected chi connectivity index (χ3v) is 7.25. The molecule has 8 heteroatoms. The fourth-order valence-electron chi connectivity index (χ4n) is 5.11. The van der Waals surface area contributed by atoms with E-state index in [1.807, 2.05) is 31.7 Å². The smallest absolute Gasteiger partial charge is 0.251 e. The van der Waals surface area contributed by atoms with E-state index in [1.165, 1.54) is 5.56 Å². The van der Waals surface area contributed by atoms with Crippen LogP contribution in [0.4, 0.5) is 5.69 Å². The zero-order valence-electron chi connectivity index (χ0n) is 21.5. The van der Waals surface area contributed by atoms with Crippen LogP contribution in [0.25, 0.3) is 10.9 Å². The summed E-state index contributed by atoms with van der Waals surface area (Å²) in [7, 11) is 4.07. The number of hydrogen-bond donors (Lipinski definition) is 1. The number of halogens is 1. The van der Waals surface area contributed by atoms with Gasteiger partial charge in [-0.1, -0.05) is 12.1 Å². The van der Waals surface area contributed by atoms with Gasteiger partial charge in [0.2, 0.25) is 0 Å². The number of piperidine rings is 1. The fourth-order valence-corrected chi connectivity index (χ4v) is 5.11. The molecule has 1 aromatic heterocycles. The van der Waals surface area contributed by atoms with Crippen LogP contribution in [0.5, 0.6) is 11.5 Å². The molecule has 36 heavy (non-hydrogen) atoms. The number of rotatable bonds is 7. The van der Waals surface area contributed by atoms with Gasteiger partial charge in [-0.05, 0) is 68.2 Å². The van der Waals surface area contributed by atoms with Crippen molar-refractivity contribution >= 4 is 29.0 Å². The first-order valence-corrected chi connectivity index (χ1v) is 12.6. The summed E-state index contributed by atoms with van der Waals surface area (Å²) in [5, 5.41) is 4.86. The van der Waals surface area contributed by atoms with Crippen LogP contribution >= 0.6 is 12.4 Å². The SMILES string of the molecule is Cc1cc(=O)n(CCN2CCC(NCc3ccc4c(c3)OCCO4)CC2)c2cc(N(C)C)ccc12.Cl. The molecule has 0 bridgehead atoms. The van der Waals surface area contributed by atoms with Crippen molar-refractivity contribution in [3.8, 4) is 11.5 Å². The molecule has 2 aliphatic heterocycles. The van der Waals surface area contributed by atoms with Gasteiger partial charge in [0, 0.05) is 56.9 Å². The quantitative estimate of drug-likeness (QED) is 0.519. The lowest BCUT2D eigenvalue weighted by Crippen LogP contribution is -2.43. The van der Waals surface area contributed by atoms with Gasteiger partial charge in [0.25, 0.3) is 5.56 Å². The van der Waals surface area contributed by atoms with Crippen molar-refractivity contribution in [1.29, 1.82) is 0 Å². The molecule has 7 nitrogen and oxygen atoms in total. The van der Waals surface area contributed by atoms with E-state index in [0.717, 1.165) is 72.7 Å².